The van der Waals surface area contributed by atoms with Crippen LogP contribution >= 0.6 is 0 Å². The predicted molar refractivity (Wildman–Crippen MR) is 352 cm³/mol. The van der Waals surface area contributed by atoms with E-state index in [-0.39, 0.29) is 31.1 Å². The average molecular weight is 1120 g/mol. The molecule has 0 aliphatic heterocycles. The Hall–Kier alpha value is -5.23. The molecular weight excluding hydrogens is 997 g/mol. The fourth-order valence-corrected chi connectivity index (χ4v) is 8.36. The Balaban J connectivity index is 4.56. The number of hydrogen-bond acceptors (Lipinski definition) is 6. The summed E-state index contributed by atoms with van der Waals surface area (Å²) in [5, 5.41) is 0. The number of ether oxygens (including phenoxy) is 3. The predicted octanol–water partition coefficient (Wildman–Crippen LogP) is 22.7. The highest BCUT2D eigenvalue weighted by Crippen LogP contribution is 2.13. The molecule has 0 saturated heterocycles. The van der Waals surface area contributed by atoms with Crippen molar-refractivity contribution in [3.63, 3.8) is 0 Å². The van der Waals surface area contributed by atoms with E-state index in [1.165, 1.54) is 51.4 Å². The molecule has 0 heterocycles. The third-order valence-electron chi connectivity index (χ3n) is 13.2. The molecular formula is C75H118O6. The molecule has 81 heavy (non-hydrogen) atoms. The van der Waals surface area contributed by atoms with Crippen LogP contribution in [0.1, 0.15) is 265 Å². The van der Waals surface area contributed by atoms with Gasteiger partial charge in [0.1, 0.15) is 13.2 Å². The van der Waals surface area contributed by atoms with Crippen molar-refractivity contribution in [2.75, 3.05) is 13.2 Å². The highest BCUT2D eigenvalue weighted by atomic mass is 16.6. The molecule has 6 nitrogen and oxygen atoms in total. The van der Waals surface area contributed by atoms with Crippen LogP contribution in [0.2, 0.25) is 0 Å². The summed E-state index contributed by atoms with van der Waals surface area (Å²) in [5.41, 5.74) is 0. The molecule has 454 valence electrons. The molecule has 0 rings (SSSR count). The first-order chi connectivity index (χ1) is 40.0. The highest BCUT2D eigenvalue weighted by Gasteiger charge is 2.19. The Morgan fingerprint density at radius 3 is 0.765 bits per heavy atom. The van der Waals surface area contributed by atoms with Gasteiger partial charge in [0.2, 0.25) is 0 Å². The van der Waals surface area contributed by atoms with E-state index < -0.39 is 6.10 Å². The number of esters is 3. The van der Waals surface area contributed by atoms with Gasteiger partial charge in [-0.05, 0) is 154 Å². The van der Waals surface area contributed by atoms with Gasteiger partial charge in [-0.25, -0.2) is 0 Å². The Bertz CT molecular complexity index is 1860. The zero-order chi connectivity index (χ0) is 58.5. The fourth-order valence-electron chi connectivity index (χ4n) is 8.36. The van der Waals surface area contributed by atoms with Crippen LogP contribution in [0.4, 0.5) is 0 Å². The second-order valence-corrected chi connectivity index (χ2v) is 20.9. The second kappa shape index (κ2) is 67.3. The lowest BCUT2D eigenvalue weighted by Gasteiger charge is -2.18. The van der Waals surface area contributed by atoms with Crippen LogP contribution in [-0.4, -0.2) is 37.2 Å². The number of carbonyl (C=O) groups excluding carboxylic acids is 3. The van der Waals surface area contributed by atoms with Crippen LogP contribution in [0.5, 0.6) is 0 Å². The van der Waals surface area contributed by atoms with Gasteiger partial charge in [-0.1, -0.05) is 262 Å². The summed E-state index contributed by atoms with van der Waals surface area (Å²) in [7, 11) is 0. The Morgan fingerprint density at radius 2 is 0.481 bits per heavy atom. The lowest BCUT2D eigenvalue weighted by Crippen LogP contribution is -2.30. The van der Waals surface area contributed by atoms with Gasteiger partial charge in [0.15, 0.2) is 6.10 Å². The van der Waals surface area contributed by atoms with Crippen LogP contribution in [-0.2, 0) is 28.6 Å². The Kier molecular flexibility index (Phi) is 62.9. The Labute approximate surface area is 498 Å². The molecule has 0 saturated carbocycles. The minimum atomic E-state index is -0.822. The summed E-state index contributed by atoms with van der Waals surface area (Å²) in [6, 6.07) is 0. The van der Waals surface area contributed by atoms with Crippen molar-refractivity contribution in [2.24, 2.45) is 0 Å². The van der Waals surface area contributed by atoms with Gasteiger partial charge in [-0.3, -0.25) is 14.4 Å². The van der Waals surface area contributed by atoms with E-state index >= 15 is 0 Å². The summed E-state index contributed by atoms with van der Waals surface area (Å²) in [5.74, 6) is -0.987. The van der Waals surface area contributed by atoms with E-state index in [0.29, 0.717) is 19.3 Å². The van der Waals surface area contributed by atoms with E-state index in [4.69, 9.17) is 14.2 Å². The number of hydrogen-bond donors (Lipinski definition) is 0. The molecule has 6 heteroatoms. The SMILES string of the molecule is CC/C=C\C/C=C\C/C=C\C/C=C\C/C=C\C/C=C\CCCCCCC(=O)OCC(COC(=O)CCCCC/C=C\C/C=C\C/C=C\C/C=C\C/C=C\CC)OC(=O)CCCCCCCC/C=C\C/C=C\C/C=C\CCCCCCC. The van der Waals surface area contributed by atoms with Gasteiger partial charge in [0, 0.05) is 19.3 Å². The number of carbonyl (C=O) groups is 3. The van der Waals surface area contributed by atoms with Gasteiger partial charge in [0.25, 0.3) is 0 Å². The first kappa shape index (κ1) is 75.8. The molecule has 0 aliphatic rings. The fraction of sp³-hybridized carbons (Fsp3) is 0.587. The standard InChI is InChI=1S/C75H118O6/c1-4-7-10-13-16-19-22-25-28-31-34-36-37-39-41-44-47-50-53-56-59-62-65-68-74(77)80-71-72(70-79-73(76)67-64-61-58-55-52-49-46-43-40-33-30-27-24-21-18-15-12-9-6-3)81-75(78)69-66-63-60-57-54-51-48-45-42-38-35-32-29-26-23-20-17-14-11-8-5-2/h7,9-10,12,16,18-19,21,23,25-28,30,32,34-36,39-43,45,47,49-50,52,72H,4-6,8,11,13-15,17,20,22,24,29,31,33,37-38,44,46,48,51,53-71H2,1-3H3/b10-7-,12-9-,19-16-,21-18-,26-23-,28-25-,30-27-,35-32-,36-34-,41-39-,43-40-,45-42-,50-47-,52-49-. The molecule has 1 unspecified atom stereocenters. The van der Waals surface area contributed by atoms with Crippen molar-refractivity contribution >= 4 is 17.9 Å². The van der Waals surface area contributed by atoms with Crippen molar-refractivity contribution in [1.29, 1.82) is 0 Å². The molecule has 0 bridgehead atoms. The van der Waals surface area contributed by atoms with E-state index in [2.05, 4.69) is 191 Å². The van der Waals surface area contributed by atoms with Gasteiger partial charge in [-0.2, -0.15) is 0 Å². The van der Waals surface area contributed by atoms with Gasteiger partial charge in [-0.15, -0.1) is 0 Å². The van der Waals surface area contributed by atoms with Crippen LogP contribution in [0.3, 0.4) is 0 Å². The summed E-state index contributed by atoms with van der Waals surface area (Å²) in [6.07, 6.45) is 99.2. The molecule has 0 amide bonds. The van der Waals surface area contributed by atoms with E-state index in [1.54, 1.807) is 0 Å². The normalized spacial score (nSPS) is 13.3. The quantitative estimate of drug-likeness (QED) is 0.0261. The summed E-state index contributed by atoms with van der Waals surface area (Å²) in [6.45, 7) is 6.34. The smallest absolute Gasteiger partial charge is 0.306 e. The monoisotopic (exact) mass is 1110 g/mol. The average Bonchev–Trinajstić information content (AvgIpc) is 3.47. The largest absolute Gasteiger partial charge is 0.462 e. The number of unbranched alkanes of at least 4 members (excludes halogenated alkanes) is 18. The first-order valence-electron chi connectivity index (χ1n) is 32.6. The maximum Gasteiger partial charge on any atom is 0.306 e. The van der Waals surface area contributed by atoms with Crippen LogP contribution in [0.25, 0.3) is 0 Å². The zero-order valence-electron chi connectivity index (χ0n) is 52.0. The second-order valence-electron chi connectivity index (χ2n) is 20.9. The maximum atomic E-state index is 12.9. The van der Waals surface area contributed by atoms with E-state index in [0.717, 1.165) is 173 Å². The topological polar surface area (TPSA) is 78.9 Å². The van der Waals surface area contributed by atoms with Crippen molar-refractivity contribution in [1.82, 2.24) is 0 Å². The molecule has 0 radical (unpaired) electrons. The molecule has 0 aromatic carbocycles. The third kappa shape index (κ3) is 65.5. The van der Waals surface area contributed by atoms with Crippen molar-refractivity contribution in [3.05, 3.63) is 170 Å². The first-order valence-corrected chi connectivity index (χ1v) is 32.6. The third-order valence-corrected chi connectivity index (χ3v) is 13.2. The molecule has 0 N–H and O–H groups in total. The van der Waals surface area contributed by atoms with E-state index in [9.17, 15) is 14.4 Å². The summed E-state index contributed by atoms with van der Waals surface area (Å²) in [4.78, 5) is 38.4. The zero-order valence-corrected chi connectivity index (χ0v) is 52.0. The molecule has 0 aromatic rings. The number of rotatable bonds is 57. The van der Waals surface area contributed by atoms with Gasteiger partial charge in [0.05, 0.1) is 0 Å². The Morgan fingerprint density at radius 1 is 0.259 bits per heavy atom. The van der Waals surface area contributed by atoms with Crippen LogP contribution in [0, 0.1) is 0 Å². The molecule has 0 fully saturated rings. The lowest BCUT2D eigenvalue weighted by atomic mass is 10.1. The molecule has 0 aliphatic carbocycles. The summed E-state index contributed by atoms with van der Waals surface area (Å²) < 4.78 is 16.9. The van der Waals surface area contributed by atoms with Gasteiger partial charge < -0.3 is 14.2 Å². The lowest BCUT2D eigenvalue weighted by molar-refractivity contribution is -0.167. The summed E-state index contributed by atoms with van der Waals surface area (Å²) >= 11 is 0. The molecule has 0 aromatic heterocycles. The number of allylic oxidation sites excluding steroid dienone is 28. The minimum Gasteiger partial charge on any atom is -0.462 e. The maximum absolute atomic E-state index is 12.9. The minimum absolute atomic E-state index is 0.116. The van der Waals surface area contributed by atoms with E-state index in [1.807, 2.05) is 0 Å². The highest BCUT2D eigenvalue weighted by molar-refractivity contribution is 5.71. The van der Waals surface area contributed by atoms with Crippen molar-refractivity contribution in [3.8, 4) is 0 Å². The van der Waals surface area contributed by atoms with Crippen molar-refractivity contribution < 1.29 is 28.6 Å². The molecule has 0 spiro atoms. The van der Waals surface area contributed by atoms with Gasteiger partial charge >= 0.3 is 17.9 Å². The van der Waals surface area contributed by atoms with Crippen molar-refractivity contribution in [2.45, 2.75) is 271 Å². The van der Waals surface area contributed by atoms with Crippen LogP contribution in [0.15, 0.2) is 170 Å². The van der Waals surface area contributed by atoms with Crippen LogP contribution < -0.4 is 0 Å². The molecule has 1 atom stereocenters.